The fourth-order valence-electron chi connectivity index (χ4n) is 1.76. The largest absolute Gasteiger partial charge is 0.482 e. The van der Waals surface area contributed by atoms with Gasteiger partial charge in [-0.1, -0.05) is 5.92 Å². The number of rotatable bonds is 3. The van der Waals surface area contributed by atoms with E-state index in [1.165, 1.54) is 15.7 Å². The molecule has 1 fully saturated rings. The summed E-state index contributed by atoms with van der Waals surface area (Å²) in [5.74, 6) is 0.259. The van der Waals surface area contributed by atoms with E-state index in [1.807, 2.05) is 0 Å². The van der Waals surface area contributed by atoms with Gasteiger partial charge in [0, 0.05) is 5.21 Å². The van der Waals surface area contributed by atoms with Gasteiger partial charge in [-0.2, -0.15) is 0 Å². The topological polar surface area (TPSA) is 76.0 Å². The first-order valence-corrected chi connectivity index (χ1v) is 5.31. The predicted octanol–water partition coefficient (Wildman–Crippen LogP) is -2.03. The second-order valence-corrected chi connectivity index (χ2v) is 5.25. The molecule has 7 heteroatoms. The van der Waals surface area contributed by atoms with E-state index < -0.39 is 28.7 Å². The van der Waals surface area contributed by atoms with Crippen molar-refractivity contribution in [3.63, 3.8) is 0 Å². The van der Waals surface area contributed by atoms with Crippen molar-refractivity contribution in [1.29, 1.82) is 0 Å². The van der Waals surface area contributed by atoms with Gasteiger partial charge in [0.15, 0.2) is 11.4 Å². The minimum atomic E-state index is -1.43. The van der Waals surface area contributed by atoms with Crippen molar-refractivity contribution in [3.8, 4) is 12.3 Å². The number of terminal acetylenes is 1. The molecule has 1 aliphatic heterocycles. The van der Waals surface area contributed by atoms with Gasteiger partial charge in [-0.15, -0.1) is 6.42 Å². The SMILES string of the molecule is BC(B)(C(=O)O)[C@H](O)C1(C#C)COC(C)(C)O1. The van der Waals surface area contributed by atoms with Crippen LogP contribution in [0.2, 0.25) is 5.21 Å². The van der Waals surface area contributed by atoms with Gasteiger partial charge in [-0.25, -0.2) is 0 Å². The lowest BCUT2D eigenvalue weighted by molar-refractivity contribution is -0.174. The molecule has 0 aromatic heterocycles. The highest BCUT2D eigenvalue weighted by Gasteiger charge is 2.55. The first-order chi connectivity index (χ1) is 7.57. The molecule has 92 valence electrons. The normalized spacial score (nSPS) is 29.5. The molecule has 0 aromatic rings. The van der Waals surface area contributed by atoms with Crippen molar-refractivity contribution < 1.29 is 24.5 Å². The van der Waals surface area contributed by atoms with Crippen LogP contribution in [0.3, 0.4) is 0 Å². The fourth-order valence-corrected chi connectivity index (χ4v) is 1.76. The summed E-state index contributed by atoms with van der Waals surface area (Å²) in [7, 11) is 2.79. The molecule has 0 amide bonds. The maximum atomic E-state index is 11.1. The minimum Gasteiger partial charge on any atom is -0.482 e. The lowest BCUT2D eigenvalue weighted by atomic mass is 9.49. The number of hydrogen-bond acceptors (Lipinski definition) is 4. The quantitative estimate of drug-likeness (QED) is 0.438. The second-order valence-electron chi connectivity index (χ2n) is 5.25. The Labute approximate surface area is 102 Å². The smallest absolute Gasteiger partial charge is 0.296 e. The van der Waals surface area contributed by atoms with Crippen molar-refractivity contribution in [3.05, 3.63) is 0 Å². The lowest BCUT2D eigenvalue weighted by Crippen LogP contribution is -2.54. The van der Waals surface area contributed by atoms with Crippen LogP contribution >= 0.6 is 0 Å². The van der Waals surface area contributed by atoms with Crippen LogP contribution in [-0.2, 0) is 14.3 Å². The summed E-state index contributed by atoms with van der Waals surface area (Å²) in [6, 6.07) is 0. The molecule has 0 aromatic carbocycles. The molecule has 1 heterocycles. The van der Waals surface area contributed by atoms with Gasteiger partial charge in [-0.3, -0.25) is 4.79 Å². The van der Waals surface area contributed by atoms with E-state index in [4.69, 9.17) is 21.0 Å². The van der Waals surface area contributed by atoms with E-state index in [-0.39, 0.29) is 6.61 Å². The van der Waals surface area contributed by atoms with E-state index in [0.717, 1.165) is 0 Å². The molecular weight excluding hydrogens is 222 g/mol. The van der Waals surface area contributed by atoms with Crippen LogP contribution in [0.5, 0.6) is 0 Å². The van der Waals surface area contributed by atoms with Crippen LogP contribution in [0.25, 0.3) is 0 Å². The zero-order valence-electron chi connectivity index (χ0n) is 10.5. The molecule has 0 aliphatic carbocycles. The number of carboxylic acid groups (broad SMARTS) is 1. The van der Waals surface area contributed by atoms with Crippen molar-refractivity contribution in [1.82, 2.24) is 0 Å². The third-order valence-corrected chi connectivity index (χ3v) is 2.98. The number of carboxylic acids is 1. The predicted molar refractivity (Wildman–Crippen MR) is 66.1 cm³/mol. The summed E-state index contributed by atoms with van der Waals surface area (Å²) in [6.45, 7) is 3.29. The van der Waals surface area contributed by atoms with E-state index in [0.29, 0.717) is 0 Å². The molecule has 2 atom stereocenters. The first-order valence-electron chi connectivity index (χ1n) is 5.31. The second kappa shape index (κ2) is 4.05. The number of ether oxygens (including phenoxy) is 2. The number of carbonyl (C=O) groups is 1. The molecule has 0 saturated carbocycles. The maximum absolute atomic E-state index is 11.1. The summed E-state index contributed by atoms with van der Waals surface area (Å²) in [4.78, 5) is 11.1. The molecule has 0 radical (unpaired) electrons. The molecule has 1 aliphatic rings. The van der Waals surface area contributed by atoms with E-state index in [9.17, 15) is 9.90 Å². The van der Waals surface area contributed by atoms with Crippen molar-refractivity contribution >= 4 is 21.7 Å². The zero-order valence-corrected chi connectivity index (χ0v) is 10.5. The van der Waals surface area contributed by atoms with E-state index in [2.05, 4.69) is 5.92 Å². The average Bonchev–Trinajstić information content (AvgIpc) is 2.54. The van der Waals surface area contributed by atoms with Crippen molar-refractivity contribution in [2.75, 3.05) is 6.61 Å². The Morgan fingerprint density at radius 2 is 2.12 bits per heavy atom. The van der Waals surface area contributed by atoms with Gasteiger partial charge < -0.3 is 19.7 Å². The Morgan fingerprint density at radius 3 is 2.41 bits per heavy atom. The van der Waals surface area contributed by atoms with Gasteiger partial charge >= 0.3 is 0 Å². The third-order valence-electron chi connectivity index (χ3n) is 2.98. The van der Waals surface area contributed by atoms with Crippen LogP contribution in [0.15, 0.2) is 0 Å². The Balaban J connectivity index is 3.06. The minimum absolute atomic E-state index is 0.0334. The molecule has 0 bridgehead atoms. The van der Waals surface area contributed by atoms with E-state index >= 15 is 0 Å². The van der Waals surface area contributed by atoms with Crippen LogP contribution in [-0.4, -0.2) is 56.0 Å². The zero-order chi connectivity index (χ0) is 13.5. The summed E-state index contributed by atoms with van der Waals surface area (Å²) >= 11 is 0. The molecule has 1 unspecified atom stereocenters. The number of aliphatic carboxylic acids is 1. The Bertz CT molecular complexity index is 373. The van der Waals surface area contributed by atoms with Gasteiger partial charge in [0.05, 0.1) is 12.7 Å². The van der Waals surface area contributed by atoms with Crippen molar-refractivity contribution in [2.24, 2.45) is 0 Å². The lowest BCUT2D eigenvalue weighted by Gasteiger charge is -2.36. The summed E-state index contributed by atoms with van der Waals surface area (Å²) < 4.78 is 10.8. The van der Waals surface area contributed by atoms with Gasteiger partial charge in [0.25, 0.3) is 5.97 Å². The average molecular weight is 238 g/mol. The Hall–Kier alpha value is -0.960. The first kappa shape index (κ1) is 14.1. The molecule has 2 N–H and O–H groups in total. The van der Waals surface area contributed by atoms with Gasteiger partial charge in [0.2, 0.25) is 0 Å². The Kier molecular flexibility index (Phi) is 3.36. The summed E-state index contributed by atoms with van der Waals surface area (Å²) in [5.41, 5.74) is -1.43. The molecular formula is C10H16B2O5. The monoisotopic (exact) mass is 238 g/mol. The number of hydrogen-bond donors (Lipinski definition) is 2. The summed E-state index contributed by atoms with van der Waals surface area (Å²) in [5, 5.41) is 17.9. The molecule has 0 spiro atoms. The highest BCUT2D eigenvalue weighted by molar-refractivity contribution is 6.50. The van der Waals surface area contributed by atoms with Crippen LogP contribution in [0, 0.1) is 12.3 Å². The number of aliphatic hydroxyl groups is 1. The molecule has 1 rings (SSSR count). The highest BCUT2D eigenvalue weighted by Crippen LogP contribution is 2.40. The standard InChI is InChI=1S/C10H16B2O5/c1-4-9(5-16-8(2,3)17-9)6(13)10(11,12)7(14)15/h1,6,13H,5,11-12H2,2-3H3,(H,14,15)/t6-,9?/m1/s1. The summed E-state index contributed by atoms with van der Waals surface area (Å²) in [6.07, 6.45) is 4.02. The van der Waals surface area contributed by atoms with E-state index in [1.54, 1.807) is 13.8 Å². The molecule has 1 saturated heterocycles. The van der Waals surface area contributed by atoms with Gasteiger partial charge in [0.1, 0.15) is 15.7 Å². The highest BCUT2D eigenvalue weighted by atomic mass is 16.8. The Morgan fingerprint density at radius 1 is 1.59 bits per heavy atom. The molecule has 17 heavy (non-hydrogen) atoms. The van der Waals surface area contributed by atoms with Crippen LogP contribution in [0.4, 0.5) is 0 Å². The number of aliphatic hydroxyl groups excluding tert-OH is 1. The third kappa shape index (κ3) is 2.34. The van der Waals surface area contributed by atoms with Crippen LogP contribution in [0.1, 0.15) is 13.8 Å². The van der Waals surface area contributed by atoms with Gasteiger partial charge in [-0.05, 0) is 13.8 Å². The molecule has 5 nitrogen and oxygen atoms in total. The van der Waals surface area contributed by atoms with Crippen molar-refractivity contribution in [2.45, 2.75) is 36.6 Å². The fraction of sp³-hybridized carbons (Fsp3) is 0.700. The maximum Gasteiger partial charge on any atom is 0.296 e. The van der Waals surface area contributed by atoms with Crippen LogP contribution < -0.4 is 0 Å².